The van der Waals surface area contributed by atoms with Crippen molar-refractivity contribution in [1.29, 1.82) is 0 Å². The topological polar surface area (TPSA) is 29.1 Å². The summed E-state index contributed by atoms with van der Waals surface area (Å²) in [7, 11) is 0. The summed E-state index contributed by atoms with van der Waals surface area (Å²) in [4.78, 5) is 11.6. The first-order valence-electron chi connectivity index (χ1n) is 5.32. The van der Waals surface area contributed by atoms with E-state index in [0.29, 0.717) is 5.02 Å². The van der Waals surface area contributed by atoms with Crippen LogP contribution in [0, 0.1) is 0 Å². The zero-order chi connectivity index (χ0) is 10.8. The average Bonchev–Trinajstić information content (AvgIpc) is 2.53. The van der Waals surface area contributed by atoms with E-state index in [1.54, 1.807) is 6.07 Å². The highest BCUT2D eigenvalue weighted by Crippen LogP contribution is 2.30. The van der Waals surface area contributed by atoms with Gasteiger partial charge in [-0.05, 0) is 24.1 Å². The van der Waals surface area contributed by atoms with Crippen LogP contribution in [-0.4, -0.2) is 5.91 Å². The number of benzene rings is 1. The van der Waals surface area contributed by atoms with Gasteiger partial charge in [-0.1, -0.05) is 37.4 Å². The molecule has 2 nitrogen and oxygen atoms in total. The SMILES string of the molecule is CCCCC1NC(=O)c2cc(Cl)ccc21. The molecule has 0 radical (unpaired) electrons. The van der Waals surface area contributed by atoms with Gasteiger partial charge in [-0.15, -0.1) is 0 Å². The fourth-order valence-electron chi connectivity index (χ4n) is 1.98. The van der Waals surface area contributed by atoms with E-state index in [0.717, 1.165) is 30.4 Å². The predicted octanol–water partition coefficient (Wildman–Crippen LogP) is 3.31. The van der Waals surface area contributed by atoms with Gasteiger partial charge in [0.05, 0.1) is 6.04 Å². The van der Waals surface area contributed by atoms with Crippen molar-refractivity contribution in [2.75, 3.05) is 0 Å². The summed E-state index contributed by atoms with van der Waals surface area (Å²) in [6.45, 7) is 2.15. The first kappa shape index (κ1) is 10.5. The molecule has 1 aromatic rings. The second-order valence-electron chi connectivity index (χ2n) is 3.90. The van der Waals surface area contributed by atoms with E-state index in [1.807, 2.05) is 12.1 Å². The number of carbonyl (C=O) groups excluding carboxylic acids is 1. The fourth-order valence-corrected chi connectivity index (χ4v) is 2.15. The van der Waals surface area contributed by atoms with Crippen molar-refractivity contribution < 1.29 is 4.79 Å². The molecule has 0 aliphatic carbocycles. The zero-order valence-corrected chi connectivity index (χ0v) is 9.47. The monoisotopic (exact) mass is 223 g/mol. The van der Waals surface area contributed by atoms with Gasteiger partial charge in [-0.3, -0.25) is 4.79 Å². The molecule has 1 N–H and O–H groups in total. The number of hydrogen-bond donors (Lipinski definition) is 1. The van der Waals surface area contributed by atoms with Crippen LogP contribution in [0.1, 0.15) is 48.1 Å². The summed E-state index contributed by atoms with van der Waals surface area (Å²) in [6, 6.07) is 5.73. The number of halogens is 1. The van der Waals surface area contributed by atoms with Gasteiger partial charge in [-0.25, -0.2) is 0 Å². The molecule has 3 heteroatoms. The summed E-state index contributed by atoms with van der Waals surface area (Å²) in [5.74, 6) is 0.00797. The molecule has 0 bridgehead atoms. The first-order valence-corrected chi connectivity index (χ1v) is 5.70. The first-order chi connectivity index (χ1) is 7.22. The Morgan fingerprint density at radius 3 is 3.00 bits per heavy atom. The average molecular weight is 224 g/mol. The van der Waals surface area contributed by atoms with Crippen molar-refractivity contribution in [3.63, 3.8) is 0 Å². The smallest absolute Gasteiger partial charge is 0.252 e. The minimum Gasteiger partial charge on any atom is -0.345 e. The quantitative estimate of drug-likeness (QED) is 0.837. The van der Waals surface area contributed by atoms with Crippen LogP contribution in [0.25, 0.3) is 0 Å². The summed E-state index contributed by atoms with van der Waals surface area (Å²) in [6.07, 6.45) is 3.29. The van der Waals surface area contributed by atoms with Crippen LogP contribution < -0.4 is 5.32 Å². The Hall–Kier alpha value is -1.02. The lowest BCUT2D eigenvalue weighted by Crippen LogP contribution is -2.18. The molecule has 1 aliphatic rings. The number of unbranched alkanes of at least 4 members (excludes halogenated alkanes) is 1. The second kappa shape index (κ2) is 4.23. The largest absolute Gasteiger partial charge is 0.345 e. The molecular weight excluding hydrogens is 210 g/mol. The lowest BCUT2D eigenvalue weighted by molar-refractivity contribution is 0.0954. The van der Waals surface area contributed by atoms with E-state index >= 15 is 0 Å². The van der Waals surface area contributed by atoms with Crippen LogP contribution >= 0.6 is 11.6 Å². The van der Waals surface area contributed by atoms with Gasteiger partial charge in [0.15, 0.2) is 0 Å². The van der Waals surface area contributed by atoms with E-state index in [1.165, 1.54) is 0 Å². The molecule has 1 atom stereocenters. The third-order valence-corrected chi connectivity index (χ3v) is 3.02. The molecule has 80 valence electrons. The number of carbonyl (C=O) groups is 1. The Kier molecular flexibility index (Phi) is 2.96. The van der Waals surface area contributed by atoms with Gasteiger partial charge >= 0.3 is 0 Å². The van der Waals surface area contributed by atoms with Crippen molar-refractivity contribution in [3.8, 4) is 0 Å². The summed E-state index contributed by atoms with van der Waals surface area (Å²) < 4.78 is 0. The molecule has 1 amide bonds. The highest BCUT2D eigenvalue weighted by Gasteiger charge is 2.27. The maximum Gasteiger partial charge on any atom is 0.252 e. The molecule has 15 heavy (non-hydrogen) atoms. The molecule has 1 heterocycles. The molecule has 0 saturated carbocycles. The third-order valence-electron chi connectivity index (χ3n) is 2.79. The molecule has 0 saturated heterocycles. The molecule has 0 spiro atoms. The fraction of sp³-hybridized carbons (Fsp3) is 0.417. The lowest BCUT2D eigenvalue weighted by Gasteiger charge is -2.10. The Balaban J connectivity index is 2.26. The van der Waals surface area contributed by atoms with Crippen LogP contribution in [0.2, 0.25) is 5.02 Å². The Labute approximate surface area is 94.6 Å². The van der Waals surface area contributed by atoms with E-state index in [9.17, 15) is 4.79 Å². The minimum atomic E-state index is 0.00797. The molecule has 0 aromatic heterocycles. The third kappa shape index (κ3) is 2.00. The molecule has 2 rings (SSSR count). The van der Waals surface area contributed by atoms with Crippen LogP contribution in [-0.2, 0) is 0 Å². The summed E-state index contributed by atoms with van der Waals surface area (Å²) in [5.41, 5.74) is 1.83. The summed E-state index contributed by atoms with van der Waals surface area (Å²) >= 11 is 5.86. The van der Waals surface area contributed by atoms with Crippen molar-refractivity contribution in [2.45, 2.75) is 32.2 Å². The number of amides is 1. The van der Waals surface area contributed by atoms with E-state index in [2.05, 4.69) is 12.2 Å². The Morgan fingerprint density at radius 1 is 1.47 bits per heavy atom. The number of rotatable bonds is 3. The van der Waals surface area contributed by atoms with E-state index in [4.69, 9.17) is 11.6 Å². The molecule has 0 fully saturated rings. The van der Waals surface area contributed by atoms with Gasteiger partial charge in [-0.2, -0.15) is 0 Å². The van der Waals surface area contributed by atoms with Gasteiger partial charge in [0, 0.05) is 10.6 Å². The minimum absolute atomic E-state index is 0.00797. The van der Waals surface area contributed by atoms with Crippen molar-refractivity contribution >= 4 is 17.5 Å². The summed E-state index contributed by atoms with van der Waals surface area (Å²) in [5, 5.41) is 3.61. The van der Waals surface area contributed by atoms with E-state index < -0.39 is 0 Å². The maximum atomic E-state index is 11.6. The highest BCUT2D eigenvalue weighted by molar-refractivity contribution is 6.31. The Morgan fingerprint density at radius 2 is 2.27 bits per heavy atom. The Bertz CT molecular complexity index is 389. The molecule has 1 aliphatic heterocycles. The van der Waals surface area contributed by atoms with Crippen molar-refractivity contribution in [2.24, 2.45) is 0 Å². The van der Waals surface area contributed by atoms with Gasteiger partial charge < -0.3 is 5.32 Å². The molecular formula is C12H14ClNO. The lowest BCUT2D eigenvalue weighted by atomic mass is 10.0. The van der Waals surface area contributed by atoms with E-state index in [-0.39, 0.29) is 11.9 Å². The second-order valence-corrected chi connectivity index (χ2v) is 4.34. The number of nitrogens with one attached hydrogen (secondary N) is 1. The van der Waals surface area contributed by atoms with Crippen molar-refractivity contribution in [3.05, 3.63) is 34.3 Å². The molecule has 1 unspecified atom stereocenters. The maximum absolute atomic E-state index is 11.6. The normalized spacial score (nSPS) is 18.8. The standard InChI is InChI=1S/C12H14ClNO/c1-2-3-4-11-9-6-5-8(13)7-10(9)12(15)14-11/h5-7,11H,2-4H2,1H3,(H,14,15). The number of hydrogen-bond acceptors (Lipinski definition) is 1. The van der Waals surface area contributed by atoms with Crippen LogP contribution in [0.15, 0.2) is 18.2 Å². The number of fused-ring (bicyclic) bond motifs is 1. The highest BCUT2D eigenvalue weighted by atomic mass is 35.5. The van der Waals surface area contributed by atoms with Crippen molar-refractivity contribution in [1.82, 2.24) is 5.32 Å². The molecule has 1 aromatic carbocycles. The van der Waals surface area contributed by atoms with Gasteiger partial charge in [0.2, 0.25) is 0 Å². The van der Waals surface area contributed by atoms with Gasteiger partial charge in [0.25, 0.3) is 5.91 Å². The van der Waals surface area contributed by atoms with Crippen LogP contribution in [0.3, 0.4) is 0 Å². The van der Waals surface area contributed by atoms with Crippen LogP contribution in [0.4, 0.5) is 0 Å². The zero-order valence-electron chi connectivity index (χ0n) is 8.72. The van der Waals surface area contributed by atoms with Crippen LogP contribution in [0.5, 0.6) is 0 Å². The predicted molar refractivity (Wildman–Crippen MR) is 61.2 cm³/mol. The van der Waals surface area contributed by atoms with Gasteiger partial charge in [0.1, 0.15) is 0 Å².